The Morgan fingerprint density at radius 3 is 2.56 bits per heavy atom. The van der Waals surface area contributed by atoms with E-state index in [4.69, 9.17) is 19.7 Å². The smallest absolute Gasteiger partial charge is 0.265 e. The number of ether oxygens (including phenoxy) is 1. The highest BCUT2D eigenvalue weighted by Gasteiger charge is 2.23. The van der Waals surface area contributed by atoms with Crippen molar-refractivity contribution >= 4 is 33.2 Å². The number of benzene rings is 2. The lowest BCUT2D eigenvalue weighted by Gasteiger charge is -2.12. The fourth-order valence-electron chi connectivity index (χ4n) is 4.51. The standard InChI is InChI=1S/C25H23N5O2/c1-16-8-10-17(11-9-16)13-29-15-26-23-21(25(29)31)22-24(30(23)14-18-5-4-12-32-18)28-20-7-3-2-6-19(20)27-22/h2-3,6-11,15,18H,4-5,12-14H2,1H3/t18-/m1/s1. The van der Waals surface area contributed by atoms with Crippen LogP contribution in [0, 0.1) is 6.92 Å². The molecule has 0 N–H and O–H groups in total. The van der Waals surface area contributed by atoms with Crippen molar-refractivity contribution < 1.29 is 4.74 Å². The van der Waals surface area contributed by atoms with Crippen LogP contribution in [0.4, 0.5) is 0 Å². The van der Waals surface area contributed by atoms with Crippen molar-refractivity contribution in [2.45, 2.75) is 39.0 Å². The second-order valence-corrected chi connectivity index (χ2v) is 8.49. The van der Waals surface area contributed by atoms with E-state index in [0.717, 1.165) is 36.0 Å². The van der Waals surface area contributed by atoms with Gasteiger partial charge in [0.2, 0.25) is 0 Å². The Balaban J connectivity index is 1.58. The topological polar surface area (TPSA) is 74.8 Å². The fourth-order valence-corrected chi connectivity index (χ4v) is 4.51. The summed E-state index contributed by atoms with van der Waals surface area (Å²) in [4.78, 5) is 28.0. The van der Waals surface area contributed by atoms with E-state index in [1.807, 2.05) is 41.0 Å². The fraction of sp³-hybridized carbons (Fsp3) is 0.280. The number of hydrogen-bond donors (Lipinski definition) is 0. The quantitative estimate of drug-likeness (QED) is 0.437. The van der Waals surface area contributed by atoms with Crippen LogP contribution in [0.3, 0.4) is 0 Å². The van der Waals surface area contributed by atoms with Crippen molar-refractivity contribution in [2.75, 3.05) is 6.61 Å². The van der Waals surface area contributed by atoms with Crippen molar-refractivity contribution in [3.05, 3.63) is 76.3 Å². The predicted molar refractivity (Wildman–Crippen MR) is 124 cm³/mol. The Labute approximate surface area is 184 Å². The monoisotopic (exact) mass is 425 g/mol. The lowest BCUT2D eigenvalue weighted by molar-refractivity contribution is 0.0987. The van der Waals surface area contributed by atoms with Crippen LogP contribution in [0.1, 0.15) is 24.0 Å². The third-order valence-corrected chi connectivity index (χ3v) is 6.20. The van der Waals surface area contributed by atoms with Crippen LogP contribution in [-0.2, 0) is 17.8 Å². The van der Waals surface area contributed by atoms with Gasteiger partial charge in [-0.2, -0.15) is 0 Å². The predicted octanol–water partition coefficient (Wildman–Crippen LogP) is 3.83. The van der Waals surface area contributed by atoms with E-state index in [2.05, 4.69) is 19.1 Å². The zero-order chi connectivity index (χ0) is 21.7. The average Bonchev–Trinajstić information content (AvgIpc) is 3.43. The van der Waals surface area contributed by atoms with Crippen LogP contribution in [0.25, 0.3) is 33.2 Å². The van der Waals surface area contributed by atoms with E-state index in [-0.39, 0.29) is 11.7 Å². The molecule has 7 nitrogen and oxygen atoms in total. The summed E-state index contributed by atoms with van der Waals surface area (Å²) in [6.07, 6.45) is 3.77. The molecule has 0 spiro atoms. The van der Waals surface area contributed by atoms with Gasteiger partial charge in [0, 0.05) is 6.61 Å². The number of rotatable bonds is 4. The summed E-state index contributed by atoms with van der Waals surface area (Å²) >= 11 is 0. The lowest BCUT2D eigenvalue weighted by atomic mass is 10.1. The summed E-state index contributed by atoms with van der Waals surface area (Å²) in [6, 6.07) is 15.9. The summed E-state index contributed by atoms with van der Waals surface area (Å²) in [5.74, 6) is 0. The van der Waals surface area contributed by atoms with Gasteiger partial charge >= 0.3 is 0 Å². The molecule has 1 atom stereocenters. The Bertz CT molecular complexity index is 1510. The number of para-hydroxylation sites is 2. The summed E-state index contributed by atoms with van der Waals surface area (Å²) in [6.45, 7) is 3.89. The maximum Gasteiger partial charge on any atom is 0.265 e. The van der Waals surface area contributed by atoms with E-state index in [1.165, 1.54) is 5.56 Å². The molecule has 1 aliphatic heterocycles. The van der Waals surface area contributed by atoms with Gasteiger partial charge < -0.3 is 9.30 Å². The largest absolute Gasteiger partial charge is 0.376 e. The number of nitrogens with zero attached hydrogens (tertiary/aromatic N) is 5. The molecule has 4 heterocycles. The van der Waals surface area contributed by atoms with E-state index < -0.39 is 0 Å². The maximum absolute atomic E-state index is 13.6. The first-order chi connectivity index (χ1) is 15.7. The Kier molecular flexibility index (Phi) is 4.50. The molecule has 0 aliphatic carbocycles. The second kappa shape index (κ2) is 7.53. The van der Waals surface area contributed by atoms with Crippen LogP contribution in [0.15, 0.2) is 59.7 Å². The molecule has 32 heavy (non-hydrogen) atoms. The summed E-state index contributed by atoms with van der Waals surface area (Å²) in [7, 11) is 0. The van der Waals surface area contributed by atoms with Gasteiger partial charge in [-0.3, -0.25) is 9.36 Å². The first-order valence-electron chi connectivity index (χ1n) is 11.0. The molecule has 1 fully saturated rings. The van der Waals surface area contributed by atoms with Gasteiger partial charge in [0.05, 0.1) is 30.2 Å². The molecular formula is C25H23N5O2. The third kappa shape index (κ3) is 3.17. The first-order valence-corrected chi connectivity index (χ1v) is 11.0. The highest BCUT2D eigenvalue weighted by molar-refractivity contribution is 6.04. The average molecular weight is 425 g/mol. The molecular weight excluding hydrogens is 402 g/mol. The molecule has 6 rings (SSSR count). The first kappa shape index (κ1) is 19.1. The van der Waals surface area contributed by atoms with E-state index in [9.17, 15) is 4.79 Å². The molecule has 0 bridgehead atoms. The molecule has 0 radical (unpaired) electrons. The minimum absolute atomic E-state index is 0.0962. The lowest BCUT2D eigenvalue weighted by Crippen LogP contribution is -2.22. The molecule has 2 aromatic carbocycles. The van der Waals surface area contributed by atoms with Crippen molar-refractivity contribution in [1.82, 2.24) is 24.1 Å². The van der Waals surface area contributed by atoms with E-state index in [1.54, 1.807) is 10.9 Å². The molecule has 160 valence electrons. The molecule has 3 aromatic heterocycles. The van der Waals surface area contributed by atoms with Gasteiger partial charge in [0.25, 0.3) is 5.56 Å². The van der Waals surface area contributed by atoms with E-state index >= 15 is 0 Å². The molecule has 0 saturated carbocycles. The van der Waals surface area contributed by atoms with Crippen molar-refractivity contribution in [1.29, 1.82) is 0 Å². The third-order valence-electron chi connectivity index (χ3n) is 6.20. The molecule has 7 heteroatoms. The summed E-state index contributed by atoms with van der Waals surface area (Å²) in [5.41, 5.74) is 5.62. The number of aryl methyl sites for hydroxylation is 1. The molecule has 0 amide bonds. The normalized spacial score (nSPS) is 16.5. The highest BCUT2D eigenvalue weighted by Crippen LogP contribution is 2.27. The minimum atomic E-state index is -0.101. The highest BCUT2D eigenvalue weighted by atomic mass is 16.5. The minimum Gasteiger partial charge on any atom is -0.376 e. The van der Waals surface area contributed by atoms with Gasteiger partial charge in [0.1, 0.15) is 17.2 Å². The van der Waals surface area contributed by atoms with Crippen LogP contribution in [0.5, 0.6) is 0 Å². The van der Waals surface area contributed by atoms with Crippen LogP contribution in [-0.4, -0.2) is 36.8 Å². The van der Waals surface area contributed by atoms with Gasteiger partial charge in [-0.05, 0) is 37.5 Å². The van der Waals surface area contributed by atoms with Crippen molar-refractivity contribution in [3.63, 3.8) is 0 Å². The Hall–Kier alpha value is -3.58. The van der Waals surface area contributed by atoms with Gasteiger partial charge in [0.15, 0.2) is 11.3 Å². The summed E-state index contributed by atoms with van der Waals surface area (Å²) < 4.78 is 9.54. The molecule has 5 aromatic rings. The Morgan fingerprint density at radius 1 is 1.03 bits per heavy atom. The molecule has 0 unspecified atom stereocenters. The zero-order valence-corrected chi connectivity index (χ0v) is 17.9. The molecule has 1 aliphatic rings. The Morgan fingerprint density at radius 2 is 1.81 bits per heavy atom. The van der Waals surface area contributed by atoms with Crippen LogP contribution < -0.4 is 5.56 Å². The van der Waals surface area contributed by atoms with E-state index in [0.29, 0.717) is 35.3 Å². The van der Waals surface area contributed by atoms with Crippen LogP contribution in [0.2, 0.25) is 0 Å². The van der Waals surface area contributed by atoms with Gasteiger partial charge in [-0.25, -0.2) is 15.0 Å². The second-order valence-electron chi connectivity index (χ2n) is 8.49. The molecule has 1 saturated heterocycles. The number of fused-ring (bicyclic) bond motifs is 4. The summed E-state index contributed by atoms with van der Waals surface area (Å²) in [5, 5.41) is 0.519. The van der Waals surface area contributed by atoms with Crippen LogP contribution >= 0.6 is 0 Å². The van der Waals surface area contributed by atoms with Crippen molar-refractivity contribution in [3.8, 4) is 0 Å². The number of hydrogen-bond acceptors (Lipinski definition) is 5. The van der Waals surface area contributed by atoms with Crippen molar-refractivity contribution in [2.24, 2.45) is 0 Å². The zero-order valence-electron chi connectivity index (χ0n) is 17.9. The number of aromatic nitrogens is 5. The van der Waals surface area contributed by atoms with Gasteiger partial charge in [-0.15, -0.1) is 0 Å². The van der Waals surface area contributed by atoms with Gasteiger partial charge in [-0.1, -0.05) is 42.0 Å². The SMILES string of the molecule is Cc1ccc(Cn2cnc3c(c2=O)c2nc4ccccc4nc2n3C[C@H]2CCCO2)cc1. The maximum atomic E-state index is 13.6.